The van der Waals surface area contributed by atoms with Gasteiger partial charge >= 0.3 is 0 Å². The minimum atomic E-state index is -3.52. The van der Waals surface area contributed by atoms with Gasteiger partial charge in [0.1, 0.15) is 0 Å². The van der Waals surface area contributed by atoms with Gasteiger partial charge < -0.3 is 0 Å². The van der Waals surface area contributed by atoms with Crippen LogP contribution < -0.4 is 5.32 Å². The summed E-state index contributed by atoms with van der Waals surface area (Å²) in [4.78, 5) is 16.8. The van der Waals surface area contributed by atoms with E-state index in [2.05, 4.69) is 15.4 Å². The van der Waals surface area contributed by atoms with E-state index >= 15 is 0 Å². The maximum absolute atomic E-state index is 12.2. The number of rotatable bonds is 4. The number of thiazole rings is 1. The molecular weight excluding hydrogens is 362 g/mol. The summed E-state index contributed by atoms with van der Waals surface area (Å²) in [5, 5.41) is 7.22. The van der Waals surface area contributed by atoms with Crippen LogP contribution in [0.2, 0.25) is 0 Å². The maximum Gasteiger partial charge on any atom is 0.277 e. The maximum atomic E-state index is 12.2. The highest BCUT2D eigenvalue weighted by molar-refractivity contribution is 7.89. The number of carbonyl (C=O) groups is 1. The van der Waals surface area contributed by atoms with E-state index in [4.69, 9.17) is 0 Å². The van der Waals surface area contributed by atoms with Crippen LogP contribution >= 0.6 is 11.3 Å². The normalized spacial score (nSPS) is 12.0. The molecule has 0 atom stereocenters. The molecule has 0 saturated carbocycles. The zero-order valence-electron chi connectivity index (χ0n) is 14.1. The van der Waals surface area contributed by atoms with Gasteiger partial charge in [0.25, 0.3) is 5.91 Å². The molecule has 8 nitrogen and oxygen atoms in total. The third kappa shape index (κ3) is 3.28. The molecule has 25 heavy (non-hydrogen) atoms. The predicted octanol–water partition coefficient (Wildman–Crippen LogP) is 1.84. The van der Waals surface area contributed by atoms with Crippen LogP contribution in [0.5, 0.6) is 0 Å². The average molecular weight is 379 g/mol. The number of anilines is 1. The van der Waals surface area contributed by atoms with E-state index < -0.39 is 10.0 Å². The van der Waals surface area contributed by atoms with Crippen LogP contribution in [-0.4, -0.2) is 47.5 Å². The Labute approximate surface area is 149 Å². The van der Waals surface area contributed by atoms with Crippen LogP contribution in [0.3, 0.4) is 0 Å². The van der Waals surface area contributed by atoms with Gasteiger partial charge in [-0.15, -0.1) is 0 Å². The van der Waals surface area contributed by atoms with Gasteiger partial charge in [0.15, 0.2) is 10.8 Å². The lowest BCUT2D eigenvalue weighted by Crippen LogP contribution is -2.22. The Morgan fingerprint density at radius 1 is 1.28 bits per heavy atom. The van der Waals surface area contributed by atoms with Gasteiger partial charge in [-0.2, -0.15) is 5.10 Å². The molecule has 0 saturated heterocycles. The highest BCUT2D eigenvalue weighted by atomic mass is 32.2. The summed E-state index contributed by atoms with van der Waals surface area (Å²) in [5.41, 5.74) is 1.79. The fourth-order valence-electron chi connectivity index (χ4n) is 2.16. The first-order valence-corrected chi connectivity index (χ1v) is 9.59. The minimum Gasteiger partial charge on any atom is -0.296 e. The van der Waals surface area contributed by atoms with Crippen molar-refractivity contribution < 1.29 is 13.2 Å². The van der Waals surface area contributed by atoms with Gasteiger partial charge in [0, 0.05) is 26.8 Å². The standard InChI is InChI=1S/C15H17N5O3S2/c1-9-7-12(18-20(9)4)14(21)17-15-16-11-6-5-10(8-13(11)24-15)25(22,23)19(2)3/h5-8H,1-4H3,(H,16,17,21). The van der Waals surface area contributed by atoms with E-state index in [0.29, 0.717) is 21.0 Å². The Morgan fingerprint density at radius 2 is 2.00 bits per heavy atom. The number of sulfonamides is 1. The Morgan fingerprint density at radius 3 is 2.60 bits per heavy atom. The molecule has 2 heterocycles. The summed E-state index contributed by atoms with van der Waals surface area (Å²) in [6, 6.07) is 6.38. The van der Waals surface area contributed by atoms with Crippen LogP contribution in [0.15, 0.2) is 29.2 Å². The number of carbonyl (C=O) groups excluding carboxylic acids is 1. The molecule has 3 aromatic rings. The summed E-state index contributed by atoms with van der Waals surface area (Å²) in [5.74, 6) is -0.358. The van der Waals surface area contributed by atoms with Crippen LogP contribution in [0.1, 0.15) is 16.2 Å². The number of hydrogen-bond acceptors (Lipinski definition) is 6. The molecule has 132 valence electrons. The predicted molar refractivity (Wildman–Crippen MR) is 96.4 cm³/mol. The Balaban J connectivity index is 1.90. The van der Waals surface area contributed by atoms with Gasteiger partial charge in [-0.3, -0.25) is 14.8 Å². The van der Waals surface area contributed by atoms with E-state index in [9.17, 15) is 13.2 Å². The second-order valence-corrected chi connectivity index (χ2v) is 8.87. The van der Waals surface area contributed by atoms with Crippen LogP contribution in [-0.2, 0) is 17.1 Å². The second kappa shape index (κ2) is 6.21. The first-order chi connectivity index (χ1) is 11.7. The zero-order chi connectivity index (χ0) is 18.4. The number of amides is 1. The van der Waals surface area contributed by atoms with Crippen molar-refractivity contribution in [1.29, 1.82) is 0 Å². The van der Waals surface area contributed by atoms with Crippen LogP contribution in [0.25, 0.3) is 10.2 Å². The van der Waals surface area contributed by atoms with Gasteiger partial charge in [-0.05, 0) is 31.2 Å². The molecule has 0 aliphatic heterocycles. The van der Waals surface area contributed by atoms with Crippen LogP contribution in [0, 0.1) is 6.92 Å². The van der Waals surface area contributed by atoms with Crippen LogP contribution in [0.4, 0.5) is 5.13 Å². The molecule has 0 aliphatic rings. The van der Waals surface area contributed by atoms with E-state index in [-0.39, 0.29) is 10.8 Å². The van der Waals surface area contributed by atoms with E-state index in [1.807, 2.05) is 6.92 Å². The quantitative estimate of drug-likeness (QED) is 0.746. The number of nitrogens with zero attached hydrogens (tertiary/aromatic N) is 4. The lowest BCUT2D eigenvalue weighted by Gasteiger charge is -2.10. The fraction of sp³-hybridized carbons (Fsp3) is 0.267. The van der Waals surface area contributed by atoms with Gasteiger partial charge in [-0.1, -0.05) is 11.3 Å². The van der Waals surface area contributed by atoms with E-state index in [0.717, 1.165) is 10.00 Å². The molecule has 0 unspecified atom stereocenters. The highest BCUT2D eigenvalue weighted by Gasteiger charge is 2.19. The molecule has 0 radical (unpaired) electrons. The summed E-state index contributed by atoms with van der Waals surface area (Å²) in [6.07, 6.45) is 0. The monoisotopic (exact) mass is 379 g/mol. The van der Waals surface area contributed by atoms with Crippen molar-refractivity contribution in [2.45, 2.75) is 11.8 Å². The Bertz CT molecular complexity index is 1050. The summed E-state index contributed by atoms with van der Waals surface area (Å²) in [6.45, 7) is 1.86. The molecule has 1 N–H and O–H groups in total. The molecular formula is C15H17N5O3S2. The third-order valence-corrected chi connectivity index (χ3v) is 6.45. The second-order valence-electron chi connectivity index (χ2n) is 5.68. The fourth-order valence-corrected chi connectivity index (χ4v) is 4.07. The first kappa shape index (κ1) is 17.5. The number of nitrogens with one attached hydrogen (secondary N) is 1. The number of benzene rings is 1. The molecule has 0 spiro atoms. The minimum absolute atomic E-state index is 0.187. The van der Waals surface area contributed by atoms with E-state index in [1.165, 1.54) is 31.5 Å². The SMILES string of the molecule is Cc1cc(C(=O)Nc2nc3ccc(S(=O)(=O)N(C)C)cc3s2)nn1C. The molecule has 3 rings (SSSR count). The molecule has 0 aliphatic carbocycles. The van der Waals surface area contributed by atoms with Crippen molar-refractivity contribution in [3.63, 3.8) is 0 Å². The number of hydrogen-bond donors (Lipinski definition) is 1. The lowest BCUT2D eigenvalue weighted by atomic mass is 10.3. The molecule has 10 heteroatoms. The molecule has 2 aromatic heterocycles. The molecule has 1 aromatic carbocycles. The van der Waals surface area contributed by atoms with Crippen molar-refractivity contribution >= 4 is 42.6 Å². The van der Waals surface area contributed by atoms with Crippen molar-refractivity contribution in [3.05, 3.63) is 35.7 Å². The summed E-state index contributed by atoms with van der Waals surface area (Å²) >= 11 is 1.21. The Kier molecular flexibility index (Phi) is 4.35. The number of fused-ring (bicyclic) bond motifs is 1. The average Bonchev–Trinajstić information content (AvgIpc) is 3.09. The smallest absolute Gasteiger partial charge is 0.277 e. The van der Waals surface area contributed by atoms with Gasteiger partial charge in [-0.25, -0.2) is 17.7 Å². The zero-order valence-corrected chi connectivity index (χ0v) is 15.8. The molecule has 1 amide bonds. The summed E-state index contributed by atoms with van der Waals surface area (Å²) < 4.78 is 27.9. The van der Waals surface area contributed by atoms with E-state index in [1.54, 1.807) is 29.9 Å². The molecule has 0 bridgehead atoms. The summed E-state index contributed by atoms with van der Waals surface area (Å²) in [7, 11) is 1.20. The topological polar surface area (TPSA) is 97.2 Å². The van der Waals surface area contributed by atoms with Crippen molar-refractivity contribution in [3.8, 4) is 0 Å². The molecule has 0 fully saturated rings. The van der Waals surface area contributed by atoms with Gasteiger partial charge in [0.05, 0.1) is 15.1 Å². The number of aromatic nitrogens is 3. The largest absolute Gasteiger partial charge is 0.296 e. The lowest BCUT2D eigenvalue weighted by molar-refractivity contribution is 0.102. The van der Waals surface area contributed by atoms with Gasteiger partial charge in [0.2, 0.25) is 10.0 Å². The van der Waals surface area contributed by atoms with Crippen molar-refractivity contribution in [2.75, 3.05) is 19.4 Å². The van der Waals surface area contributed by atoms with Crippen molar-refractivity contribution in [1.82, 2.24) is 19.1 Å². The first-order valence-electron chi connectivity index (χ1n) is 7.33. The highest BCUT2D eigenvalue weighted by Crippen LogP contribution is 2.29. The number of aryl methyl sites for hydroxylation is 2. The Hall–Kier alpha value is -2.30. The van der Waals surface area contributed by atoms with Crippen molar-refractivity contribution in [2.24, 2.45) is 7.05 Å². The third-order valence-electron chi connectivity index (χ3n) is 3.71.